The largest absolute Gasteiger partial charge is 0.284 e. The molecule has 0 amide bonds. The molecule has 0 aromatic carbocycles. The van der Waals surface area contributed by atoms with E-state index in [1.807, 2.05) is 0 Å². The number of hydrogen-bond donors (Lipinski definition) is 0. The van der Waals surface area contributed by atoms with Crippen LogP contribution in [-0.2, 0) is 0 Å². The number of nitrogens with zero attached hydrogens (tertiary/aromatic N) is 1. The molecule has 3 heteroatoms. The Morgan fingerprint density at radius 2 is 1.83 bits per heavy atom. The van der Waals surface area contributed by atoms with Crippen molar-refractivity contribution in [2.24, 2.45) is 0 Å². The molecule has 0 atom stereocenters. The predicted molar refractivity (Wildman–Crippen MR) is 21.6 cm³/mol. The van der Waals surface area contributed by atoms with Crippen molar-refractivity contribution < 1.29 is 4.92 Å². The zero-order valence-electron chi connectivity index (χ0n) is 3.76. The molecule has 0 saturated heterocycles. The van der Waals surface area contributed by atoms with E-state index in [1.54, 1.807) is 0 Å². The first-order chi connectivity index (χ1) is 2.64. The highest BCUT2D eigenvalue weighted by Crippen LogP contribution is 1.91. The Labute approximate surface area is 36.1 Å². The lowest BCUT2D eigenvalue weighted by molar-refractivity contribution is -0.461. The Balaban J connectivity index is 3.26. The van der Waals surface area contributed by atoms with Crippen molar-refractivity contribution in [1.82, 2.24) is 0 Å². The van der Waals surface area contributed by atoms with Gasteiger partial charge in [0.05, 0.1) is 0 Å². The molecule has 0 aliphatic rings. The van der Waals surface area contributed by atoms with Crippen molar-refractivity contribution in [1.29, 1.82) is 0 Å². The second-order valence-electron chi connectivity index (χ2n) is 1.20. The summed E-state index contributed by atoms with van der Waals surface area (Å²) in [6.07, 6.45) is 0. The van der Waals surface area contributed by atoms with Gasteiger partial charge in [0.25, 0.3) is 6.04 Å². The van der Waals surface area contributed by atoms with E-state index in [0.717, 1.165) is 0 Å². The minimum Gasteiger partial charge on any atom is -0.264 e. The van der Waals surface area contributed by atoms with Gasteiger partial charge in [-0.25, -0.2) is 0 Å². The molecule has 0 bridgehead atoms. The zero-order chi connectivity index (χ0) is 5.15. The third-order valence-corrected chi connectivity index (χ3v) is 0.365. The van der Waals surface area contributed by atoms with Crippen molar-refractivity contribution in [3.8, 4) is 0 Å². The molecule has 6 heavy (non-hydrogen) atoms. The number of nitro groups is 1. The molecule has 0 spiro atoms. The first-order valence-corrected chi connectivity index (χ1v) is 1.59. The molecule has 1 radical (unpaired) electrons. The van der Waals surface area contributed by atoms with Crippen molar-refractivity contribution >= 4 is 0 Å². The molecule has 3 nitrogen and oxygen atoms in total. The Morgan fingerprint density at radius 1 is 1.67 bits per heavy atom. The van der Waals surface area contributed by atoms with Crippen LogP contribution in [0.2, 0.25) is 0 Å². The average molecular weight is 88.1 g/mol. The van der Waals surface area contributed by atoms with Crippen LogP contribution in [0.5, 0.6) is 0 Å². The summed E-state index contributed by atoms with van der Waals surface area (Å²) in [6, 6.07) is 0.231. The molecular formula is C3H6NO2. The Bertz CT molecular complexity index is 59.8. The zero-order valence-corrected chi connectivity index (χ0v) is 3.76. The van der Waals surface area contributed by atoms with E-state index in [4.69, 9.17) is 0 Å². The summed E-state index contributed by atoms with van der Waals surface area (Å²) >= 11 is 0. The van der Waals surface area contributed by atoms with E-state index in [2.05, 4.69) is 0 Å². The van der Waals surface area contributed by atoms with Gasteiger partial charge >= 0.3 is 0 Å². The molecule has 0 aromatic rings. The summed E-state index contributed by atoms with van der Waals surface area (Å²) < 4.78 is 0. The maximum atomic E-state index is 9.47. The highest BCUT2D eigenvalue weighted by molar-refractivity contribution is 4.55. The van der Waals surface area contributed by atoms with Gasteiger partial charge in [0.2, 0.25) is 0 Å². The highest BCUT2D eigenvalue weighted by Gasteiger charge is 2.03. The van der Waals surface area contributed by atoms with Crippen LogP contribution in [0.4, 0.5) is 0 Å². The van der Waals surface area contributed by atoms with E-state index >= 15 is 0 Å². The topological polar surface area (TPSA) is 43.1 Å². The predicted octanol–water partition coefficient (Wildman–Crippen LogP) is 0.835. The molecule has 0 unspecified atom stereocenters. The standard InChI is InChI=1S/C3H6NO2/c1-3(2)4(5)6/h1-2H3. The second kappa shape index (κ2) is 1.74. The molecule has 0 saturated carbocycles. The summed E-state index contributed by atoms with van der Waals surface area (Å²) in [5.74, 6) is 0. The fourth-order valence-corrected chi connectivity index (χ4v) is 0. The van der Waals surface area contributed by atoms with Crippen LogP contribution >= 0.6 is 0 Å². The maximum absolute atomic E-state index is 9.47. The summed E-state index contributed by atoms with van der Waals surface area (Å²) in [5.41, 5.74) is 0. The number of rotatable bonds is 1. The fourth-order valence-electron chi connectivity index (χ4n) is 0. The third-order valence-electron chi connectivity index (χ3n) is 0.365. The van der Waals surface area contributed by atoms with Gasteiger partial charge in [-0.2, -0.15) is 0 Å². The molecule has 35 valence electrons. The molecule has 0 N–H and O–H groups in total. The monoisotopic (exact) mass is 88.0 g/mol. The summed E-state index contributed by atoms with van der Waals surface area (Å²) in [4.78, 5) is 9.05. The average Bonchev–Trinajstić information content (AvgIpc) is 1.36. The van der Waals surface area contributed by atoms with Crippen LogP contribution in [-0.4, -0.2) is 4.92 Å². The van der Waals surface area contributed by atoms with E-state index < -0.39 is 4.92 Å². The van der Waals surface area contributed by atoms with Gasteiger partial charge in [0.15, 0.2) is 0 Å². The first-order valence-electron chi connectivity index (χ1n) is 1.59. The molecule has 0 aromatic heterocycles. The Hall–Kier alpha value is -0.600. The third kappa shape index (κ3) is 1.69. The Kier molecular flexibility index (Phi) is 1.57. The van der Waals surface area contributed by atoms with E-state index in [1.165, 1.54) is 13.8 Å². The lowest BCUT2D eigenvalue weighted by Crippen LogP contribution is -1.98. The summed E-state index contributed by atoms with van der Waals surface area (Å²) in [6.45, 7) is 2.92. The normalized spacial score (nSPS) is 9.17. The molecular weight excluding hydrogens is 82.0 g/mol. The molecule has 0 aliphatic heterocycles. The van der Waals surface area contributed by atoms with Crippen LogP contribution in [0, 0.1) is 16.2 Å². The van der Waals surface area contributed by atoms with Crippen LogP contribution in [0.25, 0.3) is 0 Å². The minimum atomic E-state index is -0.417. The SMILES string of the molecule is C[C](C)[N+](=O)[O-]. The van der Waals surface area contributed by atoms with Crippen LogP contribution in [0.3, 0.4) is 0 Å². The van der Waals surface area contributed by atoms with Crippen LogP contribution in [0.15, 0.2) is 0 Å². The molecule has 0 fully saturated rings. The van der Waals surface area contributed by atoms with Crippen molar-refractivity contribution in [3.63, 3.8) is 0 Å². The first kappa shape index (κ1) is 5.40. The van der Waals surface area contributed by atoms with Gasteiger partial charge in [-0.05, 0) is 0 Å². The van der Waals surface area contributed by atoms with Gasteiger partial charge in [0.1, 0.15) is 0 Å². The van der Waals surface area contributed by atoms with Gasteiger partial charge in [-0.1, -0.05) is 0 Å². The van der Waals surface area contributed by atoms with Crippen LogP contribution in [0.1, 0.15) is 13.8 Å². The van der Waals surface area contributed by atoms with Gasteiger partial charge < -0.3 is 0 Å². The van der Waals surface area contributed by atoms with Gasteiger partial charge in [-0.15, -0.1) is 0 Å². The summed E-state index contributed by atoms with van der Waals surface area (Å²) in [7, 11) is 0. The lowest BCUT2D eigenvalue weighted by Gasteiger charge is -1.85. The smallest absolute Gasteiger partial charge is 0.264 e. The van der Waals surface area contributed by atoms with Crippen molar-refractivity contribution in [2.75, 3.05) is 0 Å². The van der Waals surface area contributed by atoms with Crippen molar-refractivity contribution in [3.05, 3.63) is 16.2 Å². The van der Waals surface area contributed by atoms with Gasteiger partial charge in [0, 0.05) is 18.8 Å². The lowest BCUT2D eigenvalue weighted by atomic mass is 10.4. The second-order valence-corrected chi connectivity index (χ2v) is 1.20. The quantitative estimate of drug-likeness (QED) is 0.352. The van der Waals surface area contributed by atoms with E-state index in [0.29, 0.717) is 0 Å². The molecule has 0 heterocycles. The molecule has 0 aliphatic carbocycles. The van der Waals surface area contributed by atoms with Gasteiger partial charge in [-0.3, -0.25) is 10.1 Å². The number of hydrogen-bond acceptors (Lipinski definition) is 2. The molecule has 0 rings (SSSR count). The van der Waals surface area contributed by atoms with Crippen LogP contribution < -0.4 is 0 Å². The van der Waals surface area contributed by atoms with E-state index in [9.17, 15) is 10.1 Å². The highest BCUT2D eigenvalue weighted by atomic mass is 16.6. The fraction of sp³-hybridized carbons (Fsp3) is 0.667. The van der Waals surface area contributed by atoms with E-state index in [-0.39, 0.29) is 6.04 Å². The van der Waals surface area contributed by atoms with Crippen molar-refractivity contribution in [2.45, 2.75) is 13.8 Å². The maximum Gasteiger partial charge on any atom is 0.284 e. The minimum absolute atomic E-state index is 0.231. The Morgan fingerprint density at radius 3 is 1.83 bits per heavy atom. The summed E-state index contributed by atoms with van der Waals surface area (Å²) in [5, 5.41) is 9.47.